The molecule has 3 heterocycles. The molecule has 2 aliphatic heterocycles. The van der Waals surface area contributed by atoms with E-state index < -0.39 is 17.3 Å². The highest BCUT2D eigenvalue weighted by molar-refractivity contribution is 9.10. The van der Waals surface area contributed by atoms with Crippen LogP contribution in [0.4, 0.5) is 20.6 Å². The van der Waals surface area contributed by atoms with Crippen LogP contribution in [0.3, 0.4) is 0 Å². The molecule has 0 radical (unpaired) electrons. The standard InChI is InChI=1S/C21H22BrCl2FN4O3/c1-21(2,3)32-20(31)29-8-9-6-12(29)15(9)27-17-10-4-5-11(22)14(25)16(10)28-19(24)18(17)26-13(30)7-23/h4-5,9,12,15H,6-8H2,1-3H3,(H,26,30)(H,27,28). The highest BCUT2D eigenvalue weighted by atomic mass is 79.9. The van der Waals surface area contributed by atoms with Crippen molar-refractivity contribution in [2.75, 3.05) is 23.1 Å². The van der Waals surface area contributed by atoms with Gasteiger partial charge >= 0.3 is 6.09 Å². The Hall–Kier alpha value is -1.84. The van der Waals surface area contributed by atoms with Gasteiger partial charge in [0.25, 0.3) is 0 Å². The second-order valence-corrected chi connectivity index (χ2v) is 10.4. The van der Waals surface area contributed by atoms with E-state index in [2.05, 4.69) is 31.5 Å². The van der Waals surface area contributed by atoms with Crippen molar-refractivity contribution in [2.45, 2.75) is 44.9 Å². The van der Waals surface area contributed by atoms with E-state index in [0.717, 1.165) is 6.42 Å². The number of rotatable bonds is 4. The van der Waals surface area contributed by atoms with E-state index >= 15 is 0 Å². The van der Waals surface area contributed by atoms with Gasteiger partial charge in [0.1, 0.15) is 22.7 Å². The SMILES string of the molecule is CC(C)(C)OC(=O)N1CC2CC1C2Nc1c(NC(=O)CCl)c(Cl)nc2c(F)c(Br)ccc12. The van der Waals surface area contributed by atoms with Crippen LogP contribution in [0, 0.1) is 11.7 Å². The summed E-state index contributed by atoms with van der Waals surface area (Å²) < 4.78 is 20.5. The summed E-state index contributed by atoms with van der Waals surface area (Å²) in [6, 6.07) is 3.06. The number of pyridine rings is 1. The Kier molecular flexibility index (Phi) is 6.19. The van der Waals surface area contributed by atoms with Gasteiger partial charge in [-0.25, -0.2) is 14.2 Å². The van der Waals surface area contributed by atoms with Crippen molar-refractivity contribution in [1.82, 2.24) is 9.88 Å². The third kappa shape index (κ3) is 4.22. The Labute approximate surface area is 203 Å². The first-order valence-electron chi connectivity index (χ1n) is 10.1. The normalized spacial score (nSPS) is 22.0. The van der Waals surface area contributed by atoms with Crippen molar-refractivity contribution in [3.05, 3.63) is 27.6 Å². The van der Waals surface area contributed by atoms with E-state index in [0.29, 0.717) is 17.6 Å². The third-order valence-electron chi connectivity index (χ3n) is 5.63. The molecule has 3 aliphatic rings. The Morgan fingerprint density at radius 3 is 2.72 bits per heavy atom. The molecule has 2 N–H and O–H groups in total. The molecular weight excluding hydrogens is 526 g/mol. The summed E-state index contributed by atoms with van der Waals surface area (Å²) in [4.78, 5) is 30.5. The van der Waals surface area contributed by atoms with Gasteiger partial charge in [-0.2, -0.15) is 0 Å². The summed E-state index contributed by atoms with van der Waals surface area (Å²) in [6.45, 7) is 6.03. The monoisotopic (exact) mass is 546 g/mol. The zero-order valence-corrected chi connectivity index (χ0v) is 20.7. The Balaban J connectivity index is 1.70. The molecule has 3 atom stereocenters. The van der Waals surface area contributed by atoms with Crippen molar-refractivity contribution < 1.29 is 18.7 Å². The number of nitrogens with zero attached hydrogens (tertiary/aromatic N) is 2. The summed E-state index contributed by atoms with van der Waals surface area (Å²) in [5, 5.41) is 6.45. The maximum absolute atomic E-state index is 14.8. The molecule has 3 fully saturated rings. The van der Waals surface area contributed by atoms with Crippen molar-refractivity contribution in [1.29, 1.82) is 0 Å². The van der Waals surface area contributed by atoms with Crippen LogP contribution >= 0.6 is 39.1 Å². The second-order valence-electron chi connectivity index (χ2n) is 8.96. The van der Waals surface area contributed by atoms with Crippen LogP contribution in [0.5, 0.6) is 0 Å². The van der Waals surface area contributed by atoms with E-state index in [1.165, 1.54) is 0 Å². The minimum Gasteiger partial charge on any atom is -0.444 e. The number of carbonyl (C=O) groups is 2. The molecule has 2 bridgehead atoms. The van der Waals surface area contributed by atoms with Gasteiger partial charge in [-0.05, 0) is 55.3 Å². The fraction of sp³-hybridized carbons (Fsp3) is 0.476. The second kappa shape index (κ2) is 8.50. The average Bonchev–Trinajstić information content (AvgIpc) is 3.30. The molecule has 3 unspecified atom stereocenters. The summed E-state index contributed by atoms with van der Waals surface area (Å²) in [6.07, 6.45) is 0.467. The largest absolute Gasteiger partial charge is 0.444 e. The number of nitrogens with one attached hydrogen (secondary N) is 2. The summed E-state index contributed by atoms with van der Waals surface area (Å²) in [7, 11) is 0. The van der Waals surface area contributed by atoms with Crippen LogP contribution < -0.4 is 10.6 Å². The minimum absolute atomic E-state index is 0.0615. The number of ether oxygens (including phenoxy) is 1. The summed E-state index contributed by atoms with van der Waals surface area (Å²) >= 11 is 15.2. The Morgan fingerprint density at radius 2 is 2.06 bits per heavy atom. The number of anilines is 2. The lowest BCUT2D eigenvalue weighted by Gasteiger charge is -2.38. The van der Waals surface area contributed by atoms with Gasteiger partial charge in [-0.1, -0.05) is 11.6 Å². The van der Waals surface area contributed by atoms with Gasteiger partial charge in [-0.3, -0.25) is 4.79 Å². The molecule has 32 heavy (non-hydrogen) atoms. The van der Waals surface area contributed by atoms with Crippen molar-refractivity contribution >= 4 is 73.4 Å². The average molecular weight is 548 g/mol. The van der Waals surface area contributed by atoms with Crippen molar-refractivity contribution in [3.8, 4) is 0 Å². The van der Waals surface area contributed by atoms with Gasteiger partial charge in [-0.15, -0.1) is 11.6 Å². The van der Waals surface area contributed by atoms with Crippen molar-refractivity contribution in [2.24, 2.45) is 5.92 Å². The lowest BCUT2D eigenvalue weighted by molar-refractivity contribution is -0.113. The first-order chi connectivity index (χ1) is 15.0. The lowest BCUT2D eigenvalue weighted by atomic mass is 9.79. The molecule has 1 aromatic heterocycles. The molecule has 1 aliphatic carbocycles. The molecule has 2 saturated heterocycles. The number of hydrogen-bond acceptors (Lipinski definition) is 5. The maximum Gasteiger partial charge on any atom is 0.410 e. The summed E-state index contributed by atoms with van der Waals surface area (Å²) in [5.74, 6) is -1.12. The topological polar surface area (TPSA) is 83.6 Å². The van der Waals surface area contributed by atoms with Gasteiger partial charge in [0.2, 0.25) is 5.91 Å². The molecule has 7 nitrogen and oxygen atoms in total. The fourth-order valence-electron chi connectivity index (χ4n) is 4.21. The molecule has 1 aromatic carbocycles. The van der Waals surface area contributed by atoms with Crippen LogP contribution in [0.2, 0.25) is 5.15 Å². The predicted octanol–water partition coefficient (Wildman–Crippen LogP) is 5.39. The molecule has 1 saturated carbocycles. The van der Waals surface area contributed by atoms with Crippen LogP contribution in [-0.2, 0) is 9.53 Å². The number of carbonyl (C=O) groups excluding carboxylic acids is 2. The number of amides is 2. The number of benzene rings is 1. The smallest absolute Gasteiger partial charge is 0.410 e. The molecule has 11 heteroatoms. The third-order valence-corrected chi connectivity index (χ3v) is 6.76. The maximum atomic E-state index is 14.8. The molecule has 5 rings (SSSR count). The molecule has 0 spiro atoms. The van der Waals surface area contributed by atoms with E-state index in [4.69, 9.17) is 27.9 Å². The van der Waals surface area contributed by atoms with Gasteiger partial charge in [0.05, 0.1) is 22.2 Å². The fourth-order valence-corrected chi connectivity index (χ4v) is 4.82. The zero-order chi connectivity index (χ0) is 23.4. The van der Waals surface area contributed by atoms with Crippen LogP contribution in [0.25, 0.3) is 10.9 Å². The number of halogens is 4. The van der Waals surface area contributed by atoms with E-state index in [1.54, 1.807) is 17.0 Å². The van der Waals surface area contributed by atoms with E-state index in [9.17, 15) is 14.0 Å². The highest BCUT2D eigenvalue weighted by Crippen LogP contribution is 2.46. The quantitative estimate of drug-likeness (QED) is 0.396. The number of hydrogen-bond donors (Lipinski definition) is 2. The van der Waals surface area contributed by atoms with Gasteiger partial charge in [0.15, 0.2) is 11.0 Å². The number of alkyl halides is 1. The molecule has 2 aromatic rings. The Bertz CT molecular complexity index is 1110. The van der Waals surface area contributed by atoms with E-state index in [-0.39, 0.29) is 50.8 Å². The first kappa shape index (κ1) is 23.3. The molecule has 172 valence electrons. The molecular formula is C21H22BrCl2FN4O3. The van der Waals surface area contributed by atoms with Gasteiger partial charge in [0, 0.05) is 17.8 Å². The zero-order valence-electron chi connectivity index (χ0n) is 17.6. The Morgan fingerprint density at radius 1 is 1.34 bits per heavy atom. The molecule has 2 amide bonds. The number of aromatic nitrogens is 1. The van der Waals surface area contributed by atoms with Crippen LogP contribution in [0.1, 0.15) is 27.2 Å². The van der Waals surface area contributed by atoms with Gasteiger partial charge < -0.3 is 20.3 Å². The lowest BCUT2D eigenvalue weighted by Crippen LogP contribution is -2.50. The van der Waals surface area contributed by atoms with Crippen LogP contribution in [-0.4, -0.2) is 52.0 Å². The summed E-state index contributed by atoms with van der Waals surface area (Å²) in [5.41, 5.74) is 0.134. The van der Waals surface area contributed by atoms with E-state index in [1.807, 2.05) is 20.8 Å². The highest BCUT2D eigenvalue weighted by Gasteiger charge is 2.55. The number of fused-ring (bicyclic) bond motifs is 2. The minimum atomic E-state index is -0.592. The van der Waals surface area contributed by atoms with Crippen molar-refractivity contribution in [3.63, 3.8) is 0 Å². The first-order valence-corrected chi connectivity index (χ1v) is 11.8. The predicted molar refractivity (Wildman–Crippen MR) is 126 cm³/mol. The van der Waals surface area contributed by atoms with Crippen LogP contribution in [0.15, 0.2) is 16.6 Å².